The second-order valence-corrected chi connectivity index (χ2v) is 6.65. The van der Waals surface area contributed by atoms with Gasteiger partial charge in [-0.25, -0.2) is 0 Å². The Kier molecular flexibility index (Phi) is 4.45. The van der Waals surface area contributed by atoms with Crippen molar-refractivity contribution < 1.29 is 4.74 Å². The van der Waals surface area contributed by atoms with Crippen molar-refractivity contribution in [2.24, 2.45) is 0 Å². The molecular formula is C14H28N2O. The van der Waals surface area contributed by atoms with Gasteiger partial charge in [0.1, 0.15) is 0 Å². The van der Waals surface area contributed by atoms with E-state index in [-0.39, 0.29) is 5.54 Å². The zero-order chi connectivity index (χ0) is 12.3. The Labute approximate surface area is 106 Å². The number of ether oxygens (including phenoxy) is 1. The van der Waals surface area contributed by atoms with Gasteiger partial charge in [0.25, 0.3) is 0 Å². The van der Waals surface area contributed by atoms with Crippen molar-refractivity contribution in [2.45, 2.75) is 76.6 Å². The molecule has 1 heterocycles. The largest absolute Gasteiger partial charge is 0.377 e. The molecule has 100 valence electrons. The van der Waals surface area contributed by atoms with Crippen LogP contribution in [0.25, 0.3) is 0 Å². The van der Waals surface area contributed by atoms with E-state index in [1.54, 1.807) is 0 Å². The number of rotatable bonds is 4. The van der Waals surface area contributed by atoms with E-state index >= 15 is 0 Å². The molecular weight excluding hydrogens is 212 g/mol. The van der Waals surface area contributed by atoms with Crippen molar-refractivity contribution in [3.05, 3.63) is 0 Å². The van der Waals surface area contributed by atoms with Gasteiger partial charge < -0.3 is 15.4 Å². The van der Waals surface area contributed by atoms with Crippen molar-refractivity contribution in [1.82, 2.24) is 10.6 Å². The molecule has 3 heteroatoms. The minimum Gasteiger partial charge on any atom is -0.377 e. The van der Waals surface area contributed by atoms with Gasteiger partial charge in [-0.1, -0.05) is 0 Å². The van der Waals surface area contributed by atoms with Crippen LogP contribution in [0.15, 0.2) is 0 Å². The van der Waals surface area contributed by atoms with Crippen LogP contribution in [0.3, 0.4) is 0 Å². The first-order chi connectivity index (χ1) is 8.03. The summed E-state index contributed by atoms with van der Waals surface area (Å²) in [7, 11) is 0. The summed E-state index contributed by atoms with van der Waals surface area (Å²) in [5.74, 6) is 0. The van der Waals surface area contributed by atoms with Crippen molar-refractivity contribution >= 4 is 0 Å². The fourth-order valence-corrected chi connectivity index (χ4v) is 2.99. The van der Waals surface area contributed by atoms with E-state index in [4.69, 9.17) is 4.74 Å². The lowest BCUT2D eigenvalue weighted by Crippen LogP contribution is -2.42. The van der Waals surface area contributed by atoms with Crippen LogP contribution in [-0.2, 0) is 4.74 Å². The lowest BCUT2D eigenvalue weighted by Gasteiger charge is -2.26. The summed E-state index contributed by atoms with van der Waals surface area (Å²) in [6, 6.07) is 1.26. The van der Waals surface area contributed by atoms with E-state index in [1.807, 2.05) is 0 Å². The molecule has 3 nitrogen and oxygen atoms in total. The summed E-state index contributed by atoms with van der Waals surface area (Å²) in [5.41, 5.74) is 0.229. The third-order valence-electron chi connectivity index (χ3n) is 3.72. The van der Waals surface area contributed by atoms with Crippen LogP contribution < -0.4 is 10.6 Å². The molecule has 1 aliphatic heterocycles. The molecule has 1 saturated heterocycles. The van der Waals surface area contributed by atoms with Gasteiger partial charge in [-0.05, 0) is 59.4 Å². The summed E-state index contributed by atoms with van der Waals surface area (Å²) in [4.78, 5) is 0. The van der Waals surface area contributed by atoms with Crippen LogP contribution in [0.1, 0.15) is 52.9 Å². The van der Waals surface area contributed by atoms with E-state index in [0.29, 0.717) is 18.2 Å². The molecule has 2 rings (SSSR count). The average Bonchev–Trinajstić information content (AvgIpc) is 2.82. The molecule has 3 atom stereocenters. The van der Waals surface area contributed by atoms with Crippen LogP contribution in [0.4, 0.5) is 0 Å². The van der Waals surface area contributed by atoms with Gasteiger partial charge in [-0.15, -0.1) is 0 Å². The highest BCUT2D eigenvalue weighted by atomic mass is 16.5. The molecule has 0 spiro atoms. The molecule has 0 aromatic carbocycles. The number of nitrogens with one attached hydrogen (secondary N) is 2. The Balaban J connectivity index is 1.63. The van der Waals surface area contributed by atoms with Gasteiger partial charge in [0.2, 0.25) is 0 Å². The molecule has 1 aliphatic carbocycles. The summed E-state index contributed by atoms with van der Waals surface area (Å²) in [6.07, 6.45) is 6.76. The smallest absolute Gasteiger partial charge is 0.0623 e. The van der Waals surface area contributed by atoms with Crippen LogP contribution in [-0.4, -0.2) is 36.9 Å². The maximum absolute atomic E-state index is 6.03. The van der Waals surface area contributed by atoms with E-state index in [2.05, 4.69) is 31.4 Å². The molecule has 0 bridgehead atoms. The van der Waals surface area contributed by atoms with Gasteiger partial charge in [-0.3, -0.25) is 0 Å². The molecule has 1 saturated carbocycles. The van der Waals surface area contributed by atoms with E-state index in [9.17, 15) is 0 Å². The van der Waals surface area contributed by atoms with Crippen molar-refractivity contribution in [3.63, 3.8) is 0 Å². The summed E-state index contributed by atoms with van der Waals surface area (Å²) in [6.45, 7) is 8.80. The maximum Gasteiger partial charge on any atom is 0.0623 e. The minimum absolute atomic E-state index is 0.229. The van der Waals surface area contributed by atoms with Crippen molar-refractivity contribution in [1.29, 1.82) is 0 Å². The van der Waals surface area contributed by atoms with E-state index in [0.717, 1.165) is 6.61 Å². The van der Waals surface area contributed by atoms with Crippen LogP contribution in [0.2, 0.25) is 0 Å². The van der Waals surface area contributed by atoms with Gasteiger partial charge >= 0.3 is 0 Å². The van der Waals surface area contributed by atoms with Gasteiger partial charge in [-0.2, -0.15) is 0 Å². The Morgan fingerprint density at radius 3 is 2.71 bits per heavy atom. The predicted octanol–water partition coefficient (Wildman–Crippen LogP) is 2.06. The molecule has 0 aromatic rings. The zero-order valence-corrected chi connectivity index (χ0v) is 11.6. The van der Waals surface area contributed by atoms with E-state index in [1.165, 1.54) is 38.6 Å². The topological polar surface area (TPSA) is 33.3 Å². The maximum atomic E-state index is 6.03. The Morgan fingerprint density at radius 1 is 1.24 bits per heavy atom. The first-order valence-electron chi connectivity index (χ1n) is 7.15. The normalized spacial score (nSPS) is 34.4. The molecule has 0 amide bonds. The summed E-state index contributed by atoms with van der Waals surface area (Å²) < 4.78 is 6.03. The molecule has 2 N–H and O–H groups in total. The van der Waals surface area contributed by atoms with E-state index < -0.39 is 0 Å². The quantitative estimate of drug-likeness (QED) is 0.789. The van der Waals surface area contributed by atoms with Gasteiger partial charge in [0.15, 0.2) is 0 Å². The van der Waals surface area contributed by atoms with Crippen LogP contribution in [0.5, 0.6) is 0 Å². The lowest BCUT2D eigenvalue weighted by molar-refractivity contribution is 0.0440. The average molecular weight is 240 g/mol. The third-order valence-corrected chi connectivity index (χ3v) is 3.72. The predicted molar refractivity (Wildman–Crippen MR) is 71.3 cm³/mol. The van der Waals surface area contributed by atoms with Crippen molar-refractivity contribution in [3.8, 4) is 0 Å². The zero-order valence-electron chi connectivity index (χ0n) is 11.6. The molecule has 0 aromatic heterocycles. The summed E-state index contributed by atoms with van der Waals surface area (Å²) >= 11 is 0. The molecule has 17 heavy (non-hydrogen) atoms. The second-order valence-electron chi connectivity index (χ2n) is 6.65. The summed E-state index contributed by atoms with van der Waals surface area (Å²) in [5, 5.41) is 7.17. The van der Waals surface area contributed by atoms with Crippen LogP contribution >= 0.6 is 0 Å². The highest BCUT2D eigenvalue weighted by Crippen LogP contribution is 2.24. The molecule has 2 aliphatic rings. The van der Waals surface area contributed by atoms with Crippen molar-refractivity contribution in [2.75, 3.05) is 13.2 Å². The third kappa shape index (κ3) is 4.57. The SMILES string of the molecule is CC(C)(C)NC1CCC(OCC2CCCN2)C1. The Morgan fingerprint density at radius 2 is 2.06 bits per heavy atom. The first-order valence-corrected chi connectivity index (χ1v) is 7.15. The highest BCUT2D eigenvalue weighted by molar-refractivity contribution is 4.86. The first kappa shape index (κ1) is 13.3. The highest BCUT2D eigenvalue weighted by Gasteiger charge is 2.28. The van der Waals surface area contributed by atoms with Gasteiger partial charge in [0.05, 0.1) is 12.7 Å². The van der Waals surface area contributed by atoms with Gasteiger partial charge in [0, 0.05) is 17.6 Å². The van der Waals surface area contributed by atoms with Crippen LogP contribution in [0, 0.1) is 0 Å². The second kappa shape index (κ2) is 5.68. The molecule has 3 unspecified atom stereocenters. The standard InChI is InChI=1S/C14H28N2O/c1-14(2,3)16-11-6-7-13(9-11)17-10-12-5-4-8-15-12/h11-13,15-16H,4-10H2,1-3H3. The number of hydrogen-bond donors (Lipinski definition) is 2. The Bertz CT molecular complexity index is 231. The minimum atomic E-state index is 0.229. The monoisotopic (exact) mass is 240 g/mol. The molecule has 0 radical (unpaired) electrons. The fourth-order valence-electron chi connectivity index (χ4n) is 2.99. The number of hydrogen-bond acceptors (Lipinski definition) is 3. The molecule has 2 fully saturated rings. The Hall–Kier alpha value is -0.120. The lowest BCUT2D eigenvalue weighted by atomic mass is 10.1. The fraction of sp³-hybridized carbons (Fsp3) is 1.00.